The normalized spacial score (nSPS) is 19.1. The second-order valence-electron chi connectivity index (χ2n) is 30.5. The maximum atomic E-state index is 14.2. The summed E-state index contributed by atoms with van der Waals surface area (Å²) in [6, 6.07) is 60.6. The highest BCUT2D eigenvalue weighted by Crippen LogP contribution is 2.45. The molecule has 8 N–H and O–H groups in total. The molecular formula is C92H90Cl2F6N8O8. The van der Waals surface area contributed by atoms with Gasteiger partial charge in [-0.05, 0) is 231 Å². The molecule has 4 aromatic heterocycles. The minimum atomic E-state index is -0.961. The first-order chi connectivity index (χ1) is 55.7. The van der Waals surface area contributed by atoms with E-state index in [4.69, 9.17) is 23.2 Å². The minimum Gasteiger partial charge on any atom is -0.311 e. The second-order valence-corrected chi connectivity index (χ2v) is 31.3. The van der Waals surface area contributed by atoms with Crippen molar-refractivity contribution in [3.05, 3.63) is 412 Å². The van der Waals surface area contributed by atoms with Crippen LogP contribution in [0.1, 0.15) is 240 Å². The van der Waals surface area contributed by atoms with Gasteiger partial charge in [-0.25, -0.2) is 41.1 Å². The average molecular weight is 1620 g/mol. The molecule has 602 valence electrons. The van der Waals surface area contributed by atoms with Crippen molar-refractivity contribution in [2.75, 3.05) is 0 Å². The van der Waals surface area contributed by atoms with Crippen LogP contribution < -0.4 is 45.0 Å². The highest BCUT2D eigenvalue weighted by molar-refractivity contribution is 6.31. The molecule has 0 atom stereocenters. The lowest BCUT2D eigenvalue weighted by Gasteiger charge is -2.29. The van der Waals surface area contributed by atoms with Gasteiger partial charge < -0.3 is 19.9 Å². The predicted octanol–water partition coefficient (Wildman–Crippen LogP) is 18.5. The fraction of sp³-hybridized carbons (Fsp3) is 0.304. The van der Waals surface area contributed by atoms with Gasteiger partial charge in [-0.2, -0.15) is 0 Å². The van der Waals surface area contributed by atoms with Crippen molar-refractivity contribution >= 4 is 23.2 Å². The zero-order valence-electron chi connectivity index (χ0n) is 63.6. The van der Waals surface area contributed by atoms with Crippen molar-refractivity contribution in [2.24, 2.45) is 0 Å². The highest BCUT2D eigenvalue weighted by Gasteiger charge is 2.32. The molecule has 4 aliphatic carbocycles. The molecule has 0 saturated heterocycles. The van der Waals surface area contributed by atoms with E-state index in [0.29, 0.717) is 86.2 Å². The SMILES string of the molecule is F.O=c1[nH]c(C2CCC(c3ccccc3)CC2)c(Cc2ccc(F)c(Cl)c2)c(=O)[nH]1.O=c1[nH]c(C2CCC(c3ccccc3)CC2)c(Cc2ccc(F)cc2Cl)c(=O)[nH]1.O=c1[nH]c(C2CCC(c3ccccc3)CC2)c(Cc2cccc(F)c2F)c(=O)[nH]1.O=c1[nH]c(C2CCC(c3ccccc3)CC2)c(Cc2ccccc2F)c(=O)[nH]1. The van der Waals surface area contributed by atoms with Gasteiger partial charge in [0.05, 0.1) is 5.02 Å². The largest absolute Gasteiger partial charge is 0.325 e. The van der Waals surface area contributed by atoms with Gasteiger partial charge in [-0.3, -0.25) is 43.8 Å². The van der Waals surface area contributed by atoms with Crippen LogP contribution in [-0.2, 0) is 25.7 Å². The summed E-state index contributed by atoms with van der Waals surface area (Å²) in [5.74, 6) is -0.873. The Bertz CT molecular complexity index is 5850. The van der Waals surface area contributed by atoms with Crippen LogP contribution in [0.15, 0.2) is 239 Å². The Labute approximate surface area is 673 Å². The Kier molecular flexibility index (Phi) is 28.5. The van der Waals surface area contributed by atoms with E-state index in [9.17, 15) is 60.3 Å². The van der Waals surface area contributed by atoms with Crippen LogP contribution in [-0.4, -0.2) is 39.9 Å². The lowest BCUT2D eigenvalue weighted by Crippen LogP contribution is -2.30. The van der Waals surface area contributed by atoms with Gasteiger partial charge in [0.1, 0.15) is 17.5 Å². The van der Waals surface area contributed by atoms with E-state index in [1.807, 2.05) is 36.4 Å². The van der Waals surface area contributed by atoms with Crippen molar-refractivity contribution in [2.45, 2.75) is 176 Å². The second kappa shape index (κ2) is 39.3. The number of halogens is 8. The Balaban J connectivity index is 0.000000142. The smallest absolute Gasteiger partial charge is 0.311 e. The van der Waals surface area contributed by atoms with Crippen LogP contribution in [0.3, 0.4) is 0 Å². The molecule has 116 heavy (non-hydrogen) atoms. The maximum Gasteiger partial charge on any atom is 0.325 e. The van der Waals surface area contributed by atoms with Gasteiger partial charge >= 0.3 is 22.8 Å². The average Bonchev–Trinajstić information content (AvgIpc) is 0.802. The number of hydrogen-bond acceptors (Lipinski definition) is 8. The molecule has 4 fully saturated rings. The number of aromatic nitrogens is 8. The van der Waals surface area contributed by atoms with Crippen LogP contribution in [0.5, 0.6) is 0 Å². The molecule has 24 heteroatoms. The molecule has 4 saturated carbocycles. The van der Waals surface area contributed by atoms with E-state index in [1.54, 1.807) is 30.3 Å². The van der Waals surface area contributed by atoms with Gasteiger partial charge in [-0.15, -0.1) is 0 Å². The number of hydrogen-bond donors (Lipinski definition) is 8. The van der Waals surface area contributed by atoms with Crippen LogP contribution >= 0.6 is 23.2 Å². The summed E-state index contributed by atoms with van der Waals surface area (Å²) in [7, 11) is 0. The summed E-state index contributed by atoms with van der Waals surface area (Å²) < 4.78 is 68.7. The van der Waals surface area contributed by atoms with E-state index < -0.39 is 68.3 Å². The lowest BCUT2D eigenvalue weighted by atomic mass is 9.76. The van der Waals surface area contributed by atoms with E-state index in [-0.39, 0.29) is 69.1 Å². The van der Waals surface area contributed by atoms with Gasteiger partial charge in [0.15, 0.2) is 11.6 Å². The molecule has 8 aromatic carbocycles. The van der Waals surface area contributed by atoms with Crippen LogP contribution in [0.25, 0.3) is 0 Å². The van der Waals surface area contributed by atoms with Gasteiger partial charge in [0.2, 0.25) is 0 Å². The number of benzene rings is 8. The summed E-state index contributed by atoms with van der Waals surface area (Å²) in [5.41, 5.74) is 7.83. The van der Waals surface area contributed by atoms with Gasteiger partial charge in [-0.1, -0.05) is 187 Å². The van der Waals surface area contributed by atoms with Crippen molar-refractivity contribution in [1.29, 1.82) is 0 Å². The van der Waals surface area contributed by atoms with Gasteiger partial charge in [0, 0.05) is 75.7 Å². The fourth-order valence-electron chi connectivity index (χ4n) is 17.4. The minimum absolute atomic E-state index is 0. The standard InChI is InChI=1S/2C23H22ClFN2O2.C23H22F2N2O2.C23H23FN2O2.FH/c24-19-13-14(6-11-20(19)25)12-18-21(26-23(29)27-22(18)28)17-9-7-16(8-10-17)15-4-2-1-3-5-15;24-20-13-18(25)11-10-17(20)12-19-21(26-23(29)27-22(19)28)16-8-6-15(7-9-16)14-4-2-1-3-5-14;24-19-8-4-7-17(20(19)25)13-18-21(26-23(29)27-22(18)28)16-11-9-15(10-12-16)14-5-2-1-3-6-14;24-20-9-5-4-8-18(20)14-19-21(25-23(28)26-22(19)27)17-12-10-16(11-13-17)15-6-2-1-3-7-15;/h1-6,11,13,16-17H,7-10,12H2,(H2,26,27,28,29);1-5,10-11,13,15-16H,6-9,12H2,(H2,26,27,28,29);1-8,15-16H,9-13H2,(H2,26,27,28,29);1-9,16-17H,10-14H2,(H2,25,26,27,28);1H. The number of rotatable bonds is 16. The number of aromatic amines is 8. The molecule has 16 nitrogen and oxygen atoms in total. The third kappa shape index (κ3) is 21.2. The molecule has 0 bridgehead atoms. The predicted molar refractivity (Wildman–Crippen MR) is 442 cm³/mol. The summed E-state index contributed by atoms with van der Waals surface area (Å²) in [6.07, 6.45) is 15.5. The molecule has 0 unspecified atom stereocenters. The molecule has 0 aliphatic heterocycles. The van der Waals surface area contributed by atoms with Crippen LogP contribution in [0.4, 0.5) is 26.7 Å². The monoisotopic (exact) mass is 1620 g/mol. The first kappa shape index (κ1) is 84.0. The molecular weight excluding hydrogens is 1530 g/mol. The Hall–Kier alpha value is -11.4. The van der Waals surface area contributed by atoms with Crippen molar-refractivity contribution < 1.29 is 26.7 Å². The van der Waals surface area contributed by atoms with Gasteiger partial charge in [0.25, 0.3) is 22.2 Å². The third-order valence-corrected chi connectivity index (χ3v) is 24.0. The first-order valence-corrected chi connectivity index (χ1v) is 40.1. The molecule has 4 aliphatic rings. The molecule has 0 amide bonds. The summed E-state index contributed by atoms with van der Waals surface area (Å²) in [5, 5.41) is 0.294. The number of nitrogens with one attached hydrogen (secondary N) is 8. The lowest BCUT2D eigenvalue weighted by molar-refractivity contribution is 0.388. The maximum absolute atomic E-state index is 14.2. The highest BCUT2D eigenvalue weighted by atomic mass is 35.5. The Morgan fingerprint density at radius 2 is 0.569 bits per heavy atom. The zero-order chi connectivity index (χ0) is 80.7. The van der Waals surface area contributed by atoms with E-state index >= 15 is 0 Å². The quantitative estimate of drug-likeness (QED) is 0.0430. The van der Waals surface area contributed by atoms with Crippen molar-refractivity contribution in [1.82, 2.24) is 39.9 Å². The molecule has 16 rings (SSSR count). The molecule has 12 aromatic rings. The zero-order valence-corrected chi connectivity index (χ0v) is 65.1. The first-order valence-electron chi connectivity index (χ1n) is 39.3. The Morgan fingerprint density at radius 1 is 0.267 bits per heavy atom. The molecule has 0 spiro atoms. The van der Waals surface area contributed by atoms with Crippen molar-refractivity contribution in [3.8, 4) is 0 Å². The topological polar surface area (TPSA) is 263 Å². The third-order valence-electron chi connectivity index (χ3n) is 23.4. The summed E-state index contributed by atoms with van der Waals surface area (Å²) >= 11 is 12.1. The summed E-state index contributed by atoms with van der Waals surface area (Å²) in [6.45, 7) is 0. The Morgan fingerprint density at radius 3 is 0.914 bits per heavy atom. The van der Waals surface area contributed by atoms with E-state index in [2.05, 4.69) is 125 Å². The van der Waals surface area contributed by atoms with Crippen LogP contribution in [0.2, 0.25) is 10.0 Å². The summed E-state index contributed by atoms with van der Waals surface area (Å²) in [4.78, 5) is 118. The number of H-pyrrole nitrogens is 8. The van der Waals surface area contributed by atoms with Crippen LogP contribution in [0, 0.1) is 29.1 Å². The fourth-order valence-corrected chi connectivity index (χ4v) is 17.8. The molecule has 0 radical (unpaired) electrons. The van der Waals surface area contributed by atoms with E-state index in [1.165, 1.54) is 64.7 Å². The van der Waals surface area contributed by atoms with E-state index in [0.717, 1.165) is 114 Å². The van der Waals surface area contributed by atoms with Crippen molar-refractivity contribution in [3.63, 3.8) is 0 Å². The molecule has 4 heterocycles.